The lowest BCUT2D eigenvalue weighted by Crippen LogP contribution is -2.39. The fraction of sp³-hybridized carbons (Fsp3) is 0.913. The molecule has 0 heterocycles. The van der Waals surface area contributed by atoms with Gasteiger partial charge in [-0.05, 0) is 40.0 Å². The summed E-state index contributed by atoms with van der Waals surface area (Å²) < 4.78 is 22.2. The summed E-state index contributed by atoms with van der Waals surface area (Å²) in [5, 5.41) is 0. The van der Waals surface area contributed by atoms with Crippen LogP contribution in [0.4, 0.5) is 0 Å². The Kier molecular flexibility index (Phi) is 24.9. The minimum atomic E-state index is -0.804. The maximum atomic E-state index is 5.71. The smallest absolute Gasteiger partial charge is 0.282 e. The van der Waals surface area contributed by atoms with Crippen LogP contribution in [-0.4, -0.2) is 32.4 Å². The highest BCUT2D eigenvalue weighted by molar-refractivity contribution is 4.70. The molecule has 0 aliphatic carbocycles. The van der Waals surface area contributed by atoms with E-state index >= 15 is 0 Å². The highest BCUT2D eigenvalue weighted by Crippen LogP contribution is 2.24. The van der Waals surface area contributed by atoms with Crippen LogP contribution in [0.15, 0.2) is 12.3 Å². The molecule has 0 saturated heterocycles. The molecule has 0 radical (unpaired) electrons. The first kappa shape index (κ1) is 28.6. The second-order valence-corrected chi connectivity index (χ2v) is 6.50. The molecular formula is C23H48O4. The lowest BCUT2D eigenvalue weighted by Gasteiger charge is -2.32. The maximum absolute atomic E-state index is 5.71. The van der Waals surface area contributed by atoms with Crippen LogP contribution in [-0.2, 0) is 18.9 Å². The van der Waals surface area contributed by atoms with E-state index in [0.29, 0.717) is 19.8 Å². The van der Waals surface area contributed by atoms with Gasteiger partial charge in [-0.1, -0.05) is 65.4 Å². The number of ether oxygens (including phenoxy) is 4. The van der Waals surface area contributed by atoms with Gasteiger partial charge in [0.05, 0.1) is 12.9 Å². The van der Waals surface area contributed by atoms with Crippen molar-refractivity contribution in [3.8, 4) is 0 Å². The zero-order chi connectivity index (χ0) is 20.6. The lowest BCUT2D eigenvalue weighted by molar-refractivity contribution is -0.380. The number of rotatable bonds is 18. The molecule has 0 saturated carbocycles. The van der Waals surface area contributed by atoms with Crippen LogP contribution in [0.2, 0.25) is 0 Å². The summed E-state index contributed by atoms with van der Waals surface area (Å²) in [7, 11) is 0. The van der Waals surface area contributed by atoms with Gasteiger partial charge in [-0.15, -0.1) is 0 Å². The van der Waals surface area contributed by atoms with Gasteiger partial charge in [0.1, 0.15) is 0 Å². The Morgan fingerprint density at radius 3 is 1.59 bits per heavy atom. The van der Waals surface area contributed by atoms with E-state index in [4.69, 9.17) is 18.9 Å². The Bertz CT molecular complexity index is 275. The Balaban J connectivity index is 0. The van der Waals surface area contributed by atoms with Gasteiger partial charge in [0.2, 0.25) is 0 Å². The van der Waals surface area contributed by atoms with Gasteiger partial charge in [-0.3, -0.25) is 0 Å². The molecule has 0 spiro atoms. The fourth-order valence-electron chi connectivity index (χ4n) is 2.65. The molecule has 0 N–H and O–H groups in total. The summed E-state index contributed by atoms with van der Waals surface area (Å²) in [6.45, 7) is 15.1. The topological polar surface area (TPSA) is 36.9 Å². The average Bonchev–Trinajstić information content (AvgIpc) is 2.66. The molecule has 164 valence electrons. The van der Waals surface area contributed by atoms with Crippen molar-refractivity contribution in [2.24, 2.45) is 0 Å². The zero-order valence-corrected chi connectivity index (χ0v) is 19.2. The zero-order valence-electron chi connectivity index (χ0n) is 19.2. The first-order valence-electron chi connectivity index (χ1n) is 11.3. The van der Waals surface area contributed by atoms with Crippen molar-refractivity contribution in [2.45, 2.75) is 112 Å². The third-order valence-corrected chi connectivity index (χ3v) is 3.93. The van der Waals surface area contributed by atoms with Gasteiger partial charge in [0.15, 0.2) is 0 Å². The molecule has 0 bridgehead atoms. The second-order valence-electron chi connectivity index (χ2n) is 6.50. The van der Waals surface area contributed by atoms with Gasteiger partial charge in [-0.2, -0.15) is 0 Å². The first-order valence-corrected chi connectivity index (χ1v) is 11.3. The van der Waals surface area contributed by atoms with Crippen LogP contribution in [0.3, 0.4) is 0 Å². The molecule has 4 heteroatoms. The summed E-state index contributed by atoms with van der Waals surface area (Å²) in [5.74, 6) is -0.804. The highest BCUT2D eigenvalue weighted by atomic mass is 16.9. The average molecular weight is 389 g/mol. The lowest BCUT2D eigenvalue weighted by atomic mass is 10.1. The minimum absolute atomic E-state index is 0.622. The molecule has 0 aromatic carbocycles. The van der Waals surface area contributed by atoms with E-state index in [1.165, 1.54) is 38.5 Å². The molecule has 0 aromatic rings. The van der Waals surface area contributed by atoms with Crippen LogP contribution in [0.5, 0.6) is 0 Å². The van der Waals surface area contributed by atoms with Crippen molar-refractivity contribution in [1.82, 2.24) is 0 Å². The summed E-state index contributed by atoms with van der Waals surface area (Å²) in [5.41, 5.74) is 0. The molecular weight excluding hydrogens is 340 g/mol. The van der Waals surface area contributed by atoms with Crippen molar-refractivity contribution in [1.29, 1.82) is 0 Å². The molecule has 0 amide bonds. The van der Waals surface area contributed by atoms with Gasteiger partial charge in [0.25, 0.3) is 5.97 Å². The Hall–Kier alpha value is -0.580. The van der Waals surface area contributed by atoms with Crippen LogP contribution in [0.25, 0.3) is 0 Å². The Morgan fingerprint density at radius 1 is 0.630 bits per heavy atom. The molecule has 0 aliphatic heterocycles. The number of allylic oxidation sites excluding steroid dienone is 1. The molecule has 0 aromatic heterocycles. The quantitative estimate of drug-likeness (QED) is 0.141. The molecule has 0 fully saturated rings. The van der Waals surface area contributed by atoms with Crippen LogP contribution < -0.4 is 0 Å². The van der Waals surface area contributed by atoms with Crippen LogP contribution in [0.1, 0.15) is 106 Å². The Morgan fingerprint density at radius 2 is 1.15 bits per heavy atom. The Labute approximate surface area is 170 Å². The normalized spacial score (nSPS) is 11.5. The maximum Gasteiger partial charge on any atom is 0.282 e. The van der Waals surface area contributed by atoms with Crippen molar-refractivity contribution in [2.75, 3.05) is 26.4 Å². The largest absolute Gasteiger partial charge is 0.502 e. The number of hydrogen-bond acceptors (Lipinski definition) is 4. The molecule has 4 nitrogen and oxygen atoms in total. The van der Waals surface area contributed by atoms with Gasteiger partial charge in [-0.25, -0.2) is 0 Å². The van der Waals surface area contributed by atoms with Gasteiger partial charge in [0, 0.05) is 26.2 Å². The summed E-state index contributed by atoms with van der Waals surface area (Å²) >= 11 is 0. The van der Waals surface area contributed by atoms with E-state index in [1.807, 2.05) is 26.8 Å². The molecule has 0 atom stereocenters. The molecule has 27 heavy (non-hydrogen) atoms. The third kappa shape index (κ3) is 20.0. The van der Waals surface area contributed by atoms with E-state index in [1.54, 1.807) is 6.26 Å². The SMILES string of the molecule is CCC=COCCC.CCCCCCCCCC(OCC)(OCC)OCC. The summed E-state index contributed by atoms with van der Waals surface area (Å²) in [6.07, 6.45) is 15.8. The third-order valence-electron chi connectivity index (χ3n) is 3.93. The van der Waals surface area contributed by atoms with Gasteiger partial charge >= 0.3 is 0 Å². The number of hydrogen-bond donors (Lipinski definition) is 0. The van der Waals surface area contributed by atoms with Gasteiger partial charge < -0.3 is 18.9 Å². The molecule has 0 aliphatic rings. The standard InChI is InChI=1S/C16H34O3.C7H14O/c1-5-9-10-11-12-13-14-15-16(17-6-2,18-7-3)19-8-4;1-3-5-7-8-6-4-2/h5-15H2,1-4H3;5,7H,3-4,6H2,1-2H3. The van der Waals surface area contributed by atoms with E-state index in [9.17, 15) is 0 Å². The summed E-state index contributed by atoms with van der Waals surface area (Å²) in [4.78, 5) is 0. The van der Waals surface area contributed by atoms with E-state index in [2.05, 4.69) is 20.8 Å². The van der Waals surface area contributed by atoms with E-state index in [0.717, 1.165) is 32.3 Å². The number of unbranched alkanes of at least 4 members (excludes halogenated alkanes) is 6. The van der Waals surface area contributed by atoms with E-state index in [-0.39, 0.29) is 0 Å². The van der Waals surface area contributed by atoms with E-state index < -0.39 is 5.97 Å². The monoisotopic (exact) mass is 388 g/mol. The first-order chi connectivity index (χ1) is 13.2. The fourth-order valence-corrected chi connectivity index (χ4v) is 2.65. The predicted molar refractivity (Wildman–Crippen MR) is 116 cm³/mol. The predicted octanol–water partition coefficient (Wildman–Crippen LogP) is 7.23. The van der Waals surface area contributed by atoms with Crippen molar-refractivity contribution in [3.05, 3.63) is 12.3 Å². The summed E-state index contributed by atoms with van der Waals surface area (Å²) in [6, 6.07) is 0. The second kappa shape index (κ2) is 23.5. The van der Waals surface area contributed by atoms with Crippen molar-refractivity contribution < 1.29 is 18.9 Å². The van der Waals surface area contributed by atoms with Crippen molar-refractivity contribution in [3.63, 3.8) is 0 Å². The van der Waals surface area contributed by atoms with Crippen LogP contribution >= 0.6 is 0 Å². The minimum Gasteiger partial charge on any atom is -0.502 e. The van der Waals surface area contributed by atoms with Crippen LogP contribution in [0, 0.1) is 0 Å². The van der Waals surface area contributed by atoms with Crippen molar-refractivity contribution >= 4 is 0 Å². The highest BCUT2D eigenvalue weighted by Gasteiger charge is 2.31. The molecule has 0 rings (SSSR count). The molecule has 0 unspecified atom stereocenters.